The number of nitrogens with zero attached hydrogens (tertiary/aromatic N) is 2. The highest BCUT2D eigenvalue weighted by atomic mass is 16.5. The topological polar surface area (TPSA) is 62.7 Å². The number of anilines is 1. The van der Waals surface area contributed by atoms with E-state index in [-0.39, 0.29) is 11.7 Å². The summed E-state index contributed by atoms with van der Waals surface area (Å²) in [7, 11) is 0. The normalized spacial score (nSPS) is 20.4. The van der Waals surface area contributed by atoms with Crippen molar-refractivity contribution in [3.63, 3.8) is 0 Å². The first-order chi connectivity index (χ1) is 8.08. The van der Waals surface area contributed by atoms with Gasteiger partial charge in [0.2, 0.25) is 0 Å². The van der Waals surface area contributed by atoms with Crippen molar-refractivity contribution >= 4 is 11.8 Å². The molecule has 92 valence electrons. The Bertz CT molecular complexity index is 434. The van der Waals surface area contributed by atoms with Gasteiger partial charge in [-0.15, -0.1) is 0 Å². The van der Waals surface area contributed by atoms with Gasteiger partial charge >= 0.3 is 5.97 Å². The molecule has 17 heavy (non-hydrogen) atoms. The molecule has 1 aromatic rings. The largest absolute Gasteiger partial charge is 0.478 e. The van der Waals surface area contributed by atoms with E-state index in [0.29, 0.717) is 12.3 Å². The fourth-order valence-corrected chi connectivity index (χ4v) is 1.98. The van der Waals surface area contributed by atoms with Gasteiger partial charge in [0.1, 0.15) is 5.82 Å². The number of hydrogen-bond acceptors (Lipinski definition) is 4. The number of ether oxygens (including phenoxy) is 1. The lowest BCUT2D eigenvalue weighted by atomic mass is 10.2. The smallest absolute Gasteiger partial charge is 0.337 e. The van der Waals surface area contributed by atoms with Crippen LogP contribution in [-0.4, -0.2) is 41.9 Å². The number of carboxylic acid groups (broad SMARTS) is 1. The molecular formula is C12H16N2O3. The van der Waals surface area contributed by atoms with Crippen LogP contribution in [-0.2, 0) is 4.74 Å². The Morgan fingerprint density at radius 2 is 2.35 bits per heavy atom. The van der Waals surface area contributed by atoms with Crippen molar-refractivity contribution in [1.29, 1.82) is 0 Å². The Morgan fingerprint density at radius 3 is 2.94 bits per heavy atom. The zero-order valence-electron chi connectivity index (χ0n) is 10.0. The van der Waals surface area contributed by atoms with Crippen LogP contribution in [0, 0.1) is 6.92 Å². The minimum atomic E-state index is -0.933. The minimum Gasteiger partial charge on any atom is -0.478 e. The third-order valence-electron chi connectivity index (χ3n) is 2.87. The quantitative estimate of drug-likeness (QED) is 0.839. The van der Waals surface area contributed by atoms with Crippen molar-refractivity contribution in [3.8, 4) is 0 Å². The van der Waals surface area contributed by atoms with Gasteiger partial charge in [-0.2, -0.15) is 0 Å². The maximum Gasteiger partial charge on any atom is 0.337 e. The molecule has 5 heteroatoms. The van der Waals surface area contributed by atoms with Crippen LogP contribution >= 0.6 is 0 Å². The van der Waals surface area contributed by atoms with Crippen molar-refractivity contribution in [2.24, 2.45) is 0 Å². The van der Waals surface area contributed by atoms with Gasteiger partial charge < -0.3 is 14.7 Å². The highest BCUT2D eigenvalue weighted by Gasteiger charge is 2.19. The van der Waals surface area contributed by atoms with E-state index in [1.165, 1.54) is 0 Å². The standard InChI is InChI=1S/C12H16N2O3/c1-8-7-14(5-6-17-8)11-4-3-10(12(15)16)9(2)13-11/h3-4,8H,5-7H2,1-2H3,(H,15,16). The van der Waals surface area contributed by atoms with Crippen LogP contribution in [0.5, 0.6) is 0 Å². The molecule has 1 aromatic heterocycles. The van der Waals surface area contributed by atoms with Gasteiger partial charge in [0.05, 0.1) is 24.0 Å². The third-order valence-corrected chi connectivity index (χ3v) is 2.87. The average molecular weight is 236 g/mol. The van der Waals surface area contributed by atoms with E-state index < -0.39 is 5.97 Å². The molecule has 1 aliphatic rings. The molecule has 0 amide bonds. The lowest BCUT2D eigenvalue weighted by Crippen LogP contribution is -2.41. The van der Waals surface area contributed by atoms with Crippen LogP contribution in [0.2, 0.25) is 0 Å². The summed E-state index contributed by atoms with van der Waals surface area (Å²) in [5, 5.41) is 8.94. The molecule has 0 spiro atoms. The van der Waals surface area contributed by atoms with Gasteiger partial charge in [-0.3, -0.25) is 0 Å². The number of carbonyl (C=O) groups is 1. The van der Waals surface area contributed by atoms with Gasteiger partial charge in [0.25, 0.3) is 0 Å². The fraction of sp³-hybridized carbons (Fsp3) is 0.500. The molecule has 1 aliphatic heterocycles. The summed E-state index contributed by atoms with van der Waals surface area (Å²) < 4.78 is 5.46. The number of aryl methyl sites for hydroxylation is 1. The monoisotopic (exact) mass is 236 g/mol. The Balaban J connectivity index is 2.22. The molecule has 0 aliphatic carbocycles. The molecule has 5 nitrogen and oxygen atoms in total. The Hall–Kier alpha value is -1.62. The number of hydrogen-bond donors (Lipinski definition) is 1. The van der Waals surface area contributed by atoms with Gasteiger partial charge in [-0.1, -0.05) is 0 Å². The fourth-order valence-electron chi connectivity index (χ4n) is 1.98. The number of carboxylic acids is 1. The Morgan fingerprint density at radius 1 is 1.59 bits per heavy atom. The molecule has 1 unspecified atom stereocenters. The predicted octanol–water partition coefficient (Wildman–Crippen LogP) is 1.31. The molecule has 0 aromatic carbocycles. The molecule has 0 saturated carbocycles. The number of pyridine rings is 1. The molecule has 2 heterocycles. The predicted molar refractivity (Wildman–Crippen MR) is 63.6 cm³/mol. The van der Waals surface area contributed by atoms with E-state index in [2.05, 4.69) is 9.88 Å². The average Bonchev–Trinajstić information content (AvgIpc) is 2.28. The van der Waals surface area contributed by atoms with Crippen LogP contribution < -0.4 is 4.90 Å². The summed E-state index contributed by atoms with van der Waals surface area (Å²) >= 11 is 0. The molecule has 0 radical (unpaired) electrons. The van der Waals surface area contributed by atoms with Crippen LogP contribution in [0.25, 0.3) is 0 Å². The lowest BCUT2D eigenvalue weighted by Gasteiger charge is -2.32. The minimum absolute atomic E-state index is 0.185. The van der Waals surface area contributed by atoms with Crippen molar-refractivity contribution in [2.75, 3.05) is 24.6 Å². The number of morpholine rings is 1. The van der Waals surface area contributed by atoms with Crippen LogP contribution in [0.1, 0.15) is 23.0 Å². The Labute approximate surface area is 100 Å². The summed E-state index contributed by atoms with van der Waals surface area (Å²) in [5.74, 6) is -0.112. The molecule has 1 saturated heterocycles. The first-order valence-electron chi connectivity index (χ1n) is 5.65. The van der Waals surface area contributed by atoms with Gasteiger partial charge in [0, 0.05) is 13.1 Å². The maximum absolute atomic E-state index is 10.9. The van der Waals surface area contributed by atoms with Crippen LogP contribution in [0.3, 0.4) is 0 Å². The summed E-state index contributed by atoms with van der Waals surface area (Å²) in [4.78, 5) is 17.3. The van der Waals surface area contributed by atoms with Crippen molar-refractivity contribution in [3.05, 3.63) is 23.4 Å². The first kappa shape index (κ1) is 11.9. The van der Waals surface area contributed by atoms with Crippen molar-refractivity contribution in [2.45, 2.75) is 20.0 Å². The number of aromatic carboxylic acids is 1. The highest BCUT2D eigenvalue weighted by Crippen LogP contribution is 2.17. The van der Waals surface area contributed by atoms with Gasteiger partial charge in [-0.25, -0.2) is 9.78 Å². The summed E-state index contributed by atoms with van der Waals surface area (Å²) in [5.41, 5.74) is 0.809. The number of rotatable bonds is 2. The zero-order valence-corrected chi connectivity index (χ0v) is 10.0. The second kappa shape index (κ2) is 4.71. The molecule has 2 rings (SSSR count). The van der Waals surface area contributed by atoms with Gasteiger partial charge in [-0.05, 0) is 26.0 Å². The SMILES string of the molecule is Cc1nc(N2CCOC(C)C2)ccc1C(=O)O. The zero-order chi connectivity index (χ0) is 12.4. The van der Waals surface area contributed by atoms with Gasteiger partial charge in [0.15, 0.2) is 0 Å². The molecule has 0 bridgehead atoms. The molecular weight excluding hydrogens is 220 g/mol. The Kier molecular flexibility index (Phi) is 3.28. The molecule has 1 fully saturated rings. The second-order valence-electron chi connectivity index (χ2n) is 4.23. The first-order valence-corrected chi connectivity index (χ1v) is 5.65. The van der Waals surface area contributed by atoms with Crippen LogP contribution in [0.15, 0.2) is 12.1 Å². The lowest BCUT2D eigenvalue weighted by molar-refractivity contribution is 0.0529. The number of aromatic nitrogens is 1. The van der Waals surface area contributed by atoms with E-state index in [9.17, 15) is 4.79 Å². The van der Waals surface area contributed by atoms with E-state index in [4.69, 9.17) is 9.84 Å². The van der Waals surface area contributed by atoms with E-state index in [1.807, 2.05) is 6.92 Å². The highest BCUT2D eigenvalue weighted by molar-refractivity contribution is 5.89. The summed E-state index contributed by atoms with van der Waals surface area (Å²) in [6, 6.07) is 3.37. The van der Waals surface area contributed by atoms with Crippen molar-refractivity contribution < 1.29 is 14.6 Å². The molecule has 1 atom stereocenters. The van der Waals surface area contributed by atoms with Crippen LogP contribution in [0.4, 0.5) is 5.82 Å². The summed E-state index contributed by atoms with van der Waals surface area (Å²) in [6.45, 7) is 6.01. The maximum atomic E-state index is 10.9. The van der Waals surface area contributed by atoms with E-state index >= 15 is 0 Å². The van der Waals surface area contributed by atoms with E-state index in [0.717, 1.165) is 18.9 Å². The molecule has 1 N–H and O–H groups in total. The summed E-state index contributed by atoms with van der Waals surface area (Å²) in [6.07, 6.45) is 0.185. The van der Waals surface area contributed by atoms with Crippen molar-refractivity contribution in [1.82, 2.24) is 4.98 Å². The second-order valence-corrected chi connectivity index (χ2v) is 4.23. The van der Waals surface area contributed by atoms with E-state index in [1.54, 1.807) is 19.1 Å². The third kappa shape index (κ3) is 2.55.